The molecule has 2 heterocycles. The lowest BCUT2D eigenvalue weighted by atomic mass is 9.89. The van der Waals surface area contributed by atoms with Crippen LogP contribution >= 0.6 is 23.7 Å². The predicted octanol–water partition coefficient (Wildman–Crippen LogP) is 3.03. The fourth-order valence-electron chi connectivity index (χ4n) is 2.62. The molecule has 1 unspecified atom stereocenters. The summed E-state index contributed by atoms with van der Waals surface area (Å²) in [7, 11) is 0. The highest BCUT2D eigenvalue weighted by atomic mass is 35.5. The molecule has 4 heteroatoms. The molecule has 104 valence electrons. The Labute approximate surface area is 121 Å². The Hall–Kier alpha value is -0.0900. The first-order valence-electron chi connectivity index (χ1n) is 6.67. The number of nitrogens with zero attached hydrogens (tertiary/aromatic N) is 1. The average Bonchev–Trinajstić information content (AvgIpc) is 2.96. The summed E-state index contributed by atoms with van der Waals surface area (Å²) in [6.07, 6.45) is 2.53. The second-order valence-electron chi connectivity index (χ2n) is 5.44. The van der Waals surface area contributed by atoms with E-state index in [0.29, 0.717) is 5.41 Å². The summed E-state index contributed by atoms with van der Waals surface area (Å²) in [4.78, 5) is 4.12. The van der Waals surface area contributed by atoms with Crippen molar-refractivity contribution >= 4 is 23.7 Å². The summed E-state index contributed by atoms with van der Waals surface area (Å²) in [5, 5.41) is 5.66. The third kappa shape index (κ3) is 4.54. The van der Waals surface area contributed by atoms with E-state index in [1.807, 2.05) is 11.3 Å². The van der Waals surface area contributed by atoms with Crippen LogP contribution in [0.4, 0.5) is 0 Å². The molecule has 0 radical (unpaired) electrons. The maximum atomic E-state index is 3.49. The van der Waals surface area contributed by atoms with Gasteiger partial charge >= 0.3 is 0 Å². The smallest absolute Gasteiger partial charge is 0.00579 e. The first kappa shape index (κ1) is 16.0. The fourth-order valence-corrected chi connectivity index (χ4v) is 3.31. The SMILES string of the molecule is CCN(CCc1cccs1)CC1(C)CCNC1.Cl. The number of nitrogens with one attached hydrogen (secondary N) is 1. The van der Waals surface area contributed by atoms with Crippen LogP contribution in [0, 0.1) is 5.41 Å². The van der Waals surface area contributed by atoms with Gasteiger partial charge < -0.3 is 10.2 Å². The van der Waals surface area contributed by atoms with Crippen LogP contribution in [0.15, 0.2) is 17.5 Å². The molecule has 0 bridgehead atoms. The van der Waals surface area contributed by atoms with Gasteiger partial charge in [0.25, 0.3) is 0 Å². The van der Waals surface area contributed by atoms with Gasteiger partial charge in [-0.3, -0.25) is 0 Å². The number of thiophene rings is 1. The highest BCUT2D eigenvalue weighted by Crippen LogP contribution is 2.25. The number of hydrogen-bond donors (Lipinski definition) is 1. The van der Waals surface area contributed by atoms with Crippen LogP contribution in [-0.2, 0) is 6.42 Å². The first-order valence-corrected chi connectivity index (χ1v) is 7.55. The molecule has 1 fully saturated rings. The molecule has 1 atom stereocenters. The predicted molar refractivity (Wildman–Crippen MR) is 83.0 cm³/mol. The van der Waals surface area contributed by atoms with E-state index in [9.17, 15) is 0 Å². The van der Waals surface area contributed by atoms with Crippen molar-refractivity contribution in [3.8, 4) is 0 Å². The number of rotatable bonds is 6. The van der Waals surface area contributed by atoms with Crippen molar-refractivity contribution in [2.75, 3.05) is 32.7 Å². The van der Waals surface area contributed by atoms with E-state index in [1.165, 1.54) is 50.4 Å². The zero-order valence-corrected chi connectivity index (χ0v) is 13.1. The van der Waals surface area contributed by atoms with Crippen LogP contribution < -0.4 is 5.32 Å². The lowest BCUT2D eigenvalue weighted by Crippen LogP contribution is -2.38. The minimum atomic E-state index is 0. The zero-order chi connectivity index (χ0) is 12.1. The van der Waals surface area contributed by atoms with E-state index in [4.69, 9.17) is 0 Å². The second kappa shape index (κ2) is 7.49. The second-order valence-corrected chi connectivity index (χ2v) is 6.47. The normalized spacial score (nSPS) is 23.3. The summed E-state index contributed by atoms with van der Waals surface area (Å²) >= 11 is 1.88. The highest BCUT2D eigenvalue weighted by Gasteiger charge is 2.29. The molecule has 0 aliphatic carbocycles. The fraction of sp³-hybridized carbons (Fsp3) is 0.714. The minimum Gasteiger partial charge on any atom is -0.316 e. The molecule has 1 aliphatic rings. The van der Waals surface area contributed by atoms with E-state index >= 15 is 0 Å². The third-order valence-electron chi connectivity index (χ3n) is 3.76. The summed E-state index contributed by atoms with van der Waals surface area (Å²) in [6, 6.07) is 4.40. The van der Waals surface area contributed by atoms with Crippen molar-refractivity contribution in [2.45, 2.75) is 26.7 Å². The average molecular weight is 289 g/mol. The van der Waals surface area contributed by atoms with Crippen molar-refractivity contribution in [2.24, 2.45) is 5.41 Å². The van der Waals surface area contributed by atoms with E-state index < -0.39 is 0 Å². The molecule has 1 aromatic rings. The maximum absolute atomic E-state index is 3.49. The molecule has 0 amide bonds. The summed E-state index contributed by atoms with van der Waals surface area (Å²) in [5.41, 5.74) is 0.492. The topological polar surface area (TPSA) is 15.3 Å². The Morgan fingerprint density at radius 3 is 2.89 bits per heavy atom. The van der Waals surface area contributed by atoms with E-state index in [0.717, 1.165) is 0 Å². The van der Waals surface area contributed by atoms with E-state index in [2.05, 4.69) is 41.6 Å². The van der Waals surface area contributed by atoms with Gasteiger partial charge in [-0.05, 0) is 42.8 Å². The molecular formula is C14H25ClN2S. The molecule has 18 heavy (non-hydrogen) atoms. The molecule has 2 rings (SSSR count). The van der Waals surface area contributed by atoms with Gasteiger partial charge in [0.15, 0.2) is 0 Å². The standard InChI is InChI=1S/C14H24N2S.ClH/c1-3-16(9-6-13-5-4-10-17-13)12-14(2)7-8-15-11-14;/h4-5,10,15H,3,6-9,11-12H2,1-2H3;1H. The molecule has 0 aromatic carbocycles. The van der Waals surface area contributed by atoms with Crippen LogP contribution in [0.3, 0.4) is 0 Å². The van der Waals surface area contributed by atoms with Crippen molar-refractivity contribution in [3.05, 3.63) is 22.4 Å². The van der Waals surface area contributed by atoms with Crippen LogP contribution in [0.2, 0.25) is 0 Å². The quantitative estimate of drug-likeness (QED) is 0.866. The third-order valence-corrected chi connectivity index (χ3v) is 4.70. The highest BCUT2D eigenvalue weighted by molar-refractivity contribution is 7.09. The van der Waals surface area contributed by atoms with Crippen LogP contribution in [-0.4, -0.2) is 37.6 Å². The molecule has 1 aromatic heterocycles. The number of halogens is 1. The number of likely N-dealkylation sites (N-methyl/N-ethyl adjacent to an activating group) is 1. The van der Waals surface area contributed by atoms with Gasteiger partial charge in [0.1, 0.15) is 0 Å². The largest absolute Gasteiger partial charge is 0.316 e. The Morgan fingerprint density at radius 2 is 2.33 bits per heavy atom. The van der Waals surface area contributed by atoms with Crippen LogP contribution in [0.25, 0.3) is 0 Å². The van der Waals surface area contributed by atoms with Gasteiger partial charge in [0, 0.05) is 24.5 Å². The molecule has 2 nitrogen and oxygen atoms in total. The molecule has 1 saturated heterocycles. The Morgan fingerprint density at radius 1 is 1.50 bits per heavy atom. The Bertz CT molecular complexity index is 321. The zero-order valence-electron chi connectivity index (χ0n) is 11.4. The molecule has 0 spiro atoms. The van der Waals surface area contributed by atoms with Crippen molar-refractivity contribution in [1.29, 1.82) is 0 Å². The molecular weight excluding hydrogens is 264 g/mol. The van der Waals surface area contributed by atoms with Crippen LogP contribution in [0.1, 0.15) is 25.1 Å². The van der Waals surface area contributed by atoms with Gasteiger partial charge in [-0.1, -0.05) is 19.9 Å². The summed E-state index contributed by atoms with van der Waals surface area (Å²) in [5.74, 6) is 0. The van der Waals surface area contributed by atoms with Gasteiger partial charge in [0.2, 0.25) is 0 Å². The molecule has 1 aliphatic heterocycles. The number of hydrogen-bond acceptors (Lipinski definition) is 3. The van der Waals surface area contributed by atoms with Gasteiger partial charge in [-0.25, -0.2) is 0 Å². The lowest BCUT2D eigenvalue weighted by molar-refractivity contribution is 0.186. The molecule has 1 N–H and O–H groups in total. The minimum absolute atomic E-state index is 0. The van der Waals surface area contributed by atoms with Crippen LogP contribution in [0.5, 0.6) is 0 Å². The Kier molecular flexibility index (Phi) is 6.64. The summed E-state index contributed by atoms with van der Waals surface area (Å²) < 4.78 is 0. The van der Waals surface area contributed by atoms with Gasteiger partial charge in [0.05, 0.1) is 0 Å². The van der Waals surface area contributed by atoms with Gasteiger partial charge in [-0.15, -0.1) is 23.7 Å². The summed E-state index contributed by atoms with van der Waals surface area (Å²) in [6.45, 7) is 10.7. The molecule has 0 saturated carbocycles. The lowest BCUT2D eigenvalue weighted by Gasteiger charge is -2.31. The van der Waals surface area contributed by atoms with E-state index in [-0.39, 0.29) is 12.4 Å². The first-order chi connectivity index (χ1) is 8.22. The van der Waals surface area contributed by atoms with Gasteiger partial charge in [-0.2, -0.15) is 0 Å². The van der Waals surface area contributed by atoms with E-state index in [1.54, 1.807) is 0 Å². The maximum Gasteiger partial charge on any atom is 0.00579 e. The van der Waals surface area contributed by atoms with Crippen molar-refractivity contribution < 1.29 is 0 Å². The van der Waals surface area contributed by atoms with Crippen molar-refractivity contribution in [3.63, 3.8) is 0 Å². The van der Waals surface area contributed by atoms with Crippen molar-refractivity contribution in [1.82, 2.24) is 10.2 Å². The monoisotopic (exact) mass is 288 g/mol. The Balaban J connectivity index is 0.00000162.